The van der Waals surface area contributed by atoms with E-state index in [4.69, 9.17) is 5.73 Å². The summed E-state index contributed by atoms with van der Waals surface area (Å²) in [5.74, 6) is 0.329. The molecule has 37 heavy (non-hydrogen) atoms. The van der Waals surface area contributed by atoms with Gasteiger partial charge in [0, 0.05) is 17.5 Å². The maximum Gasteiger partial charge on any atom is 0.265 e. The van der Waals surface area contributed by atoms with Crippen molar-refractivity contribution in [1.29, 1.82) is 0 Å². The third kappa shape index (κ3) is 4.38. The maximum atomic E-state index is 13.8. The second-order valence-corrected chi connectivity index (χ2v) is 8.69. The Hall–Kier alpha value is -5.05. The Kier molecular flexibility index (Phi) is 6.10. The number of aromatic nitrogens is 4. The lowest BCUT2D eigenvalue weighted by molar-refractivity contribution is 0.475. The molecule has 2 aromatic carbocycles. The largest absolute Gasteiger partial charge is 0.803 e. The van der Waals surface area contributed by atoms with Crippen molar-refractivity contribution in [3.8, 4) is 11.4 Å². The number of nitrogens with two attached hydrogens (primary N) is 1. The molecule has 9 nitrogen and oxygen atoms in total. The van der Waals surface area contributed by atoms with Gasteiger partial charge in [-0.3, -0.25) is 14.3 Å². The second-order valence-electron chi connectivity index (χ2n) is 8.69. The van der Waals surface area contributed by atoms with Gasteiger partial charge in [-0.15, -0.1) is 5.71 Å². The molecule has 9 heteroatoms. The van der Waals surface area contributed by atoms with E-state index in [1.165, 1.54) is 18.5 Å². The topological polar surface area (TPSA) is 141 Å². The Balaban J connectivity index is 1.62. The third-order valence-corrected chi connectivity index (χ3v) is 6.22. The van der Waals surface area contributed by atoms with Crippen LogP contribution >= 0.6 is 0 Å². The fourth-order valence-electron chi connectivity index (χ4n) is 4.38. The molecule has 0 saturated carbocycles. The van der Waals surface area contributed by atoms with Crippen LogP contribution in [0.15, 0.2) is 78.0 Å². The molecule has 0 saturated heterocycles. The third-order valence-electron chi connectivity index (χ3n) is 6.22. The van der Waals surface area contributed by atoms with Gasteiger partial charge in [-0.25, -0.2) is 9.97 Å². The smallest absolute Gasteiger partial charge is 0.265 e. The molecule has 0 fully saturated rings. The van der Waals surface area contributed by atoms with E-state index >= 15 is 0 Å². The van der Waals surface area contributed by atoms with Gasteiger partial charge in [-0.2, -0.15) is 0 Å². The fraction of sp³-hybridized carbons (Fsp3) is 0.107. The summed E-state index contributed by atoms with van der Waals surface area (Å²) in [4.78, 5) is 26.5. The molecule has 3 heterocycles. The van der Waals surface area contributed by atoms with Crippen LogP contribution in [0, 0.1) is 13.8 Å². The van der Waals surface area contributed by atoms with E-state index in [2.05, 4.69) is 20.3 Å². The van der Waals surface area contributed by atoms with Gasteiger partial charge in [0.2, 0.25) is 0 Å². The van der Waals surface area contributed by atoms with Crippen LogP contribution in [0.2, 0.25) is 0 Å². The van der Waals surface area contributed by atoms with Crippen LogP contribution in [-0.4, -0.2) is 30.3 Å². The molecule has 0 aliphatic carbocycles. The van der Waals surface area contributed by atoms with Gasteiger partial charge in [-0.1, -0.05) is 30.3 Å². The maximum absolute atomic E-state index is 13.8. The number of phenolic OH excluding ortho intramolecular Hbond substituents is 1. The molecule has 0 spiro atoms. The predicted octanol–water partition coefficient (Wildman–Crippen LogP) is 4.10. The highest BCUT2D eigenvalue weighted by Gasteiger charge is 2.17. The van der Waals surface area contributed by atoms with Crippen molar-refractivity contribution in [3.63, 3.8) is 0 Å². The Labute approximate surface area is 212 Å². The van der Waals surface area contributed by atoms with Gasteiger partial charge in [-0.05, 0) is 60.9 Å². The number of para-hydroxylation sites is 1. The van der Waals surface area contributed by atoms with E-state index in [1.54, 1.807) is 22.9 Å². The molecule has 0 atom stereocenters. The minimum Gasteiger partial charge on any atom is -0.803 e. The molecule has 0 amide bonds. The quantitative estimate of drug-likeness (QED) is 0.304. The number of nitrogen functional groups attached to an aromatic ring is 1. The Morgan fingerprint density at radius 3 is 2.62 bits per heavy atom. The molecular formula is C28H24N7O2-. The highest BCUT2D eigenvalue weighted by Crippen LogP contribution is 2.25. The van der Waals surface area contributed by atoms with Crippen LogP contribution in [0.25, 0.3) is 22.0 Å². The van der Waals surface area contributed by atoms with Crippen molar-refractivity contribution in [2.45, 2.75) is 20.4 Å². The van der Waals surface area contributed by atoms with E-state index in [-0.39, 0.29) is 40.8 Å². The summed E-state index contributed by atoms with van der Waals surface area (Å²) in [6.45, 7) is 4.01. The van der Waals surface area contributed by atoms with Gasteiger partial charge < -0.3 is 21.6 Å². The van der Waals surface area contributed by atoms with Crippen molar-refractivity contribution in [2.75, 3.05) is 11.1 Å². The van der Waals surface area contributed by atoms with Crippen LogP contribution in [0.3, 0.4) is 0 Å². The van der Waals surface area contributed by atoms with Crippen molar-refractivity contribution in [3.05, 3.63) is 117 Å². The first-order valence-electron chi connectivity index (χ1n) is 11.6. The number of benzene rings is 2. The van der Waals surface area contributed by atoms with Gasteiger partial charge in [0.15, 0.2) is 0 Å². The number of nitrogens with zero attached hydrogens (tertiary/aromatic N) is 5. The van der Waals surface area contributed by atoms with E-state index in [1.807, 2.05) is 50.2 Å². The van der Waals surface area contributed by atoms with Gasteiger partial charge in [0.25, 0.3) is 5.56 Å². The van der Waals surface area contributed by atoms with Crippen molar-refractivity contribution < 1.29 is 5.11 Å². The number of aromatic hydroxyl groups is 1. The summed E-state index contributed by atoms with van der Waals surface area (Å²) in [6, 6.07) is 17.5. The summed E-state index contributed by atoms with van der Waals surface area (Å²) in [5, 5.41) is 24.6. The fourth-order valence-corrected chi connectivity index (χ4v) is 4.38. The van der Waals surface area contributed by atoms with Crippen LogP contribution in [0.1, 0.15) is 27.9 Å². The second kappa shape index (κ2) is 9.54. The first-order valence-corrected chi connectivity index (χ1v) is 11.6. The Morgan fingerprint density at radius 1 is 1.03 bits per heavy atom. The first-order chi connectivity index (χ1) is 17.8. The van der Waals surface area contributed by atoms with E-state index < -0.39 is 0 Å². The lowest BCUT2D eigenvalue weighted by atomic mass is 10.0. The molecule has 0 unspecified atom stereocenters. The molecule has 0 bridgehead atoms. The standard InChI is InChI=1S/C28H24N7O2/c1-16-6-3-4-9-22(16)35-19(13-21-23(28(35)37)17(2)10-11-31-21)14-32-27-24(26(30)33-15-34-27)25(29)18-7-5-8-20(36)12-18/h3-13,15,36H,14H2,1-2H3,(H3,30,32,33,34)/q-1. The number of pyridine rings is 2. The number of aryl methyl sites for hydroxylation is 2. The van der Waals surface area contributed by atoms with Gasteiger partial charge in [0.05, 0.1) is 23.1 Å². The minimum absolute atomic E-state index is 0.00446. The Bertz CT molecular complexity index is 1730. The number of rotatable bonds is 6. The molecule has 4 N–H and O–H groups in total. The zero-order valence-electron chi connectivity index (χ0n) is 20.3. The van der Waals surface area contributed by atoms with E-state index in [0.29, 0.717) is 22.2 Å². The summed E-state index contributed by atoms with van der Waals surface area (Å²) in [7, 11) is 0. The van der Waals surface area contributed by atoms with Crippen LogP contribution in [0.4, 0.5) is 11.6 Å². The number of phenols is 1. The van der Waals surface area contributed by atoms with Crippen molar-refractivity contribution >= 4 is 28.3 Å². The highest BCUT2D eigenvalue weighted by molar-refractivity contribution is 6.19. The highest BCUT2D eigenvalue weighted by atomic mass is 16.3. The summed E-state index contributed by atoms with van der Waals surface area (Å²) in [5.41, 5.74) is 10.1. The normalized spacial score (nSPS) is 11.0. The first kappa shape index (κ1) is 23.7. The molecule has 0 radical (unpaired) electrons. The van der Waals surface area contributed by atoms with Gasteiger partial charge >= 0.3 is 0 Å². The number of hydrogen-bond acceptors (Lipinski definition) is 7. The molecule has 3 aromatic heterocycles. The average molecular weight is 491 g/mol. The van der Waals surface area contributed by atoms with E-state index in [9.17, 15) is 15.3 Å². The van der Waals surface area contributed by atoms with E-state index in [0.717, 1.165) is 16.8 Å². The molecule has 184 valence electrons. The monoisotopic (exact) mass is 490 g/mol. The zero-order chi connectivity index (χ0) is 26.1. The summed E-state index contributed by atoms with van der Waals surface area (Å²) < 4.78 is 1.67. The lowest BCUT2D eigenvalue weighted by Gasteiger charge is -2.21. The summed E-state index contributed by atoms with van der Waals surface area (Å²) >= 11 is 0. The molecular weight excluding hydrogens is 466 g/mol. The van der Waals surface area contributed by atoms with Gasteiger partial charge in [0.1, 0.15) is 23.7 Å². The number of fused-ring (bicyclic) bond motifs is 1. The Morgan fingerprint density at radius 2 is 1.84 bits per heavy atom. The SMILES string of the molecule is Cc1ccccc1-n1c(CNc2ncnc(N)c2C(=[N-])c2cccc(O)c2)cc2nccc(C)c2c1=O. The number of anilines is 2. The number of hydrogen-bond donors (Lipinski definition) is 3. The lowest BCUT2D eigenvalue weighted by Crippen LogP contribution is -2.25. The zero-order valence-corrected chi connectivity index (χ0v) is 20.3. The van der Waals surface area contributed by atoms with Crippen molar-refractivity contribution in [2.24, 2.45) is 0 Å². The molecule has 5 aromatic rings. The average Bonchev–Trinajstić information content (AvgIpc) is 2.88. The minimum atomic E-state index is -0.191. The van der Waals surface area contributed by atoms with Crippen LogP contribution in [-0.2, 0) is 6.54 Å². The van der Waals surface area contributed by atoms with Crippen LogP contribution in [0.5, 0.6) is 5.75 Å². The van der Waals surface area contributed by atoms with Crippen molar-refractivity contribution in [1.82, 2.24) is 19.5 Å². The summed E-state index contributed by atoms with van der Waals surface area (Å²) in [6.07, 6.45) is 2.97. The predicted molar refractivity (Wildman–Crippen MR) is 145 cm³/mol. The van der Waals surface area contributed by atoms with Crippen LogP contribution < -0.4 is 16.6 Å². The molecule has 0 aliphatic rings. The number of nitrogens with one attached hydrogen (secondary N) is 1. The molecule has 0 aliphatic heterocycles. The molecule has 5 rings (SSSR count).